The molecule has 9 aromatic rings. The molecule has 0 bridgehead atoms. The second kappa shape index (κ2) is 11.0. The molecule has 0 fully saturated rings. The van der Waals surface area contributed by atoms with Gasteiger partial charge in [0, 0.05) is 26.4 Å². The van der Waals surface area contributed by atoms with E-state index in [1.807, 2.05) is 11.3 Å². The van der Waals surface area contributed by atoms with Crippen molar-refractivity contribution in [2.75, 3.05) is 4.90 Å². The van der Waals surface area contributed by atoms with E-state index in [0.717, 1.165) is 5.69 Å². The zero-order valence-electron chi connectivity index (χ0n) is 25.1. The van der Waals surface area contributed by atoms with Gasteiger partial charge in [0.2, 0.25) is 0 Å². The number of hydrogen-bond acceptors (Lipinski definition) is 2. The Balaban J connectivity index is 1.31. The summed E-state index contributed by atoms with van der Waals surface area (Å²) in [6.45, 7) is 0. The highest BCUT2D eigenvalue weighted by Crippen LogP contribution is 2.48. The summed E-state index contributed by atoms with van der Waals surface area (Å²) in [4.78, 5) is 2.49. The van der Waals surface area contributed by atoms with Crippen molar-refractivity contribution < 1.29 is 0 Å². The summed E-state index contributed by atoms with van der Waals surface area (Å²) in [6, 6.07) is 64.0. The molecule has 46 heavy (non-hydrogen) atoms. The summed E-state index contributed by atoms with van der Waals surface area (Å²) in [5.74, 6) is 0. The second-order valence-corrected chi connectivity index (χ2v) is 12.8. The Morgan fingerprint density at radius 2 is 0.870 bits per heavy atom. The summed E-state index contributed by atoms with van der Waals surface area (Å²) < 4.78 is 2.59. The fraction of sp³-hybridized carbons (Fsp3) is 0. The minimum Gasteiger partial charge on any atom is -0.308 e. The molecule has 0 saturated heterocycles. The van der Waals surface area contributed by atoms with Gasteiger partial charge >= 0.3 is 0 Å². The van der Waals surface area contributed by atoms with E-state index in [0.29, 0.717) is 0 Å². The lowest BCUT2D eigenvalue weighted by atomic mass is 9.94. The molecule has 0 aliphatic heterocycles. The van der Waals surface area contributed by atoms with Crippen LogP contribution < -0.4 is 4.90 Å². The van der Waals surface area contributed by atoms with E-state index in [9.17, 15) is 0 Å². The molecule has 0 N–H and O–H groups in total. The molecule has 0 unspecified atom stereocenters. The number of nitrogens with zero attached hydrogens (tertiary/aromatic N) is 1. The number of fused-ring (bicyclic) bond motifs is 5. The van der Waals surface area contributed by atoms with E-state index >= 15 is 0 Å². The Morgan fingerprint density at radius 3 is 1.74 bits per heavy atom. The lowest BCUT2D eigenvalue weighted by Gasteiger charge is -2.29. The first kappa shape index (κ1) is 26.7. The van der Waals surface area contributed by atoms with Gasteiger partial charge in [-0.05, 0) is 63.2 Å². The molecule has 0 spiro atoms. The maximum Gasteiger partial charge on any atom is 0.0640 e. The third-order valence-electron chi connectivity index (χ3n) is 9.05. The average molecular weight is 604 g/mol. The summed E-state index contributed by atoms with van der Waals surface area (Å²) in [5.41, 5.74) is 8.35. The largest absolute Gasteiger partial charge is 0.308 e. The molecule has 1 nitrogen and oxygen atoms in total. The maximum atomic E-state index is 2.49. The molecule has 0 saturated carbocycles. The zero-order valence-corrected chi connectivity index (χ0v) is 25.9. The molecule has 8 aromatic carbocycles. The first-order valence-corrected chi connectivity index (χ1v) is 16.5. The van der Waals surface area contributed by atoms with Crippen molar-refractivity contribution in [2.24, 2.45) is 0 Å². The van der Waals surface area contributed by atoms with Crippen molar-refractivity contribution in [2.45, 2.75) is 0 Å². The monoisotopic (exact) mass is 603 g/mol. The van der Waals surface area contributed by atoms with Gasteiger partial charge in [0.05, 0.1) is 21.8 Å². The molecule has 2 heteroatoms. The van der Waals surface area contributed by atoms with Gasteiger partial charge in [0.15, 0.2) is 0 Å². The summed E-state index contributed by atoms with van der Waals surface area (Å²) in [6.07, 6.45) is 0. The van der Waals surface area contributed by atoms with Crippen LogP contribution in [0.3, 0.4) is 0 Å². The third-order valence-corrected chi connectivity index (χ3v) is 10.3. The van der Waals surface area contributed by atoms with Crippen molar-refractivity contribution in [3.63, 3.8) is 0 Å². The zero-order chi connectivity index (χ0) is 30.5. The van der Waals surface area contributed by atoms with Crippen LogP contribution in [0.2, 0.25) is 0 Å². The maximum absolute atomic E-state index is 2.49. The Bertz CT molecular complexity index is 2550. The smallest absolute Gasteiger partial charge is 0.0640 e. The number of anilines is 3. The van der Waals surface area contributed by atoms with Crippen LogP contribution >= 0.6 is 11.3 Å². The van der Waals surface area contributed by atoms with Crippen molar-refractivity contribution in [3.8, 4) is 22.3 Å². The van der Waals surface area contributed by atoms with Crippen LogP contribution in [0.1, 0.15) is 0 Å². The molecule has 1 heterocycles. The van der Waals surface area contributed by atoms with Gasteiger partial charge in [-0.1, -0.05) is 146 Å². The van der Waals surface area contributed by atoms with Crippen molar-refractivity contribution in [1.82, 2.24) is 0 Å². The molecule has 0 radical (unpaired) electrons. The van der Waals surface area contributed by atoms with Gasteiger partial charge in [-0.3, -0.25) is 0 Å². The Labute approximate surface area is 272 Å². The van der Waals surface area contributed by atoms with E-state index in [2.05, 4.69) is 181 Å². The van der Waals surface area contributed by atoms with E-state index in [-0.39, 0.29) is 0 Å². The lowest BCUT2D eigenvalue weighted by Crippen LogP contribution is -2.12. The van der Waals surface area contributed by atoms with Gasteiger partial charge in [0.1, 0.15) is 0 Å². The van der Waals surface area contributed by atoms with Crippen molar-refractivity contribution >= 4 is 70.1 Å². The predicted octanol–water partition coefficient (Wildman–Crippen LogP) is 13.2. The fourth-order valence-electron chi connectivity index (χ4n) is 6.95. The summed E-state index contributed by atoms with van der Waals surface area (Å²) in [7, 11) is 0. The van der Waals surface area contributed by atoms with Crippen molar-refractivity contribution in [3.05, 3.63) is 176 Å². The highest BCUT2D eigenvalue weighted by Gasteiger charge is 2.22. The van der Waals surface area contributed by atoms with Crippen LogP contribution in [0.25, 0.3) is 64.0 Å². The molecule has 216 valence electrons. The minimum atomic E-state index is 1.15. The van der Waals surface area contributed by atoms with E-state index < -0.39 is 0 Å². The first-order valence-electron chi connectivity index (χ1n) is 15.7. The van der Waals surface area contributed by atoms with E-state index in [4.69, 9.17) is 0 Å². The Morgan fingerprint density at radius 1 is 0.348 bits per heavy atom. The normalized spacial score (nSPS) is 11.5. The topological polar surface area (TPSA) is 3.24 Å². The lowest BCUT2D eigenvalue weighted by molar-refractivity contribution is 1.32. The van der Waals surface area contributed by atoms with Gasteiger partial charge < -0.3 is 4.90 Å². The highest BCUT2D eigenvalue weighted by atomic mass is 32.1. The average Bonchev–Trinajstić information content (AvgIpc) is 3.51. The number of thiophene rings is 1. The standard InChI is InChI=1S/C44H29NS/c1-3-19-34-30(13-1)15-10-23-35(34)32-17-9-18-33(29-32)37-21-5-7-25-40(37)45(41-26-11-16-31-14-2-4-20-36(31)41)42-27-12-24-39-38-22-6-8-28-43(38)46-44(39)42/h1-29H. The van der Waals surface area contributed by atoms with Crippen LogP contribution in [0.4, 0.5) is 17.1 Å². The van der Waals surface area contributed by atoms with Crippen LogP contribution in [0.15, 0.2) is 176 Å². The highest BCUT2D eigenvalue weighted by molar-refractivity contribution is 7.26. The summed E-state index contributed by atoms with van der Waals surface area (Å²) in [5, 5.41) is 7.57. The molecular weight excluding hydrogens is 575 g/mol. The van der Waals surface area contributed by atoms with Crippen LogP contribution in [0.5, 0.6) is 0 Å². The number of rotatable bonds is 5. The first-order chi connectivity index (χ1) is 22.8. The number of benzene rings is 8. The molecule has 0 atom stereocenters. The molecule has 1 aromatic heterocycles. The quantitative estimate of drug-likeness (QED) is 0.189. The van der Waals surface area contributed by atoms with Crippen LogP contribution in [-0.2, 0) is 0 Å². The van der Waals surface area contributed by atoms with E-state index in [1.54, 1.807) is 0 Å². The minimum absolute atomic E-state index is 1.15. The molecule has 0 aliphatic rings. The van der Waals surface area contributed by atoms with Gasteiger partial charge in [-0.15, -0.1) is 11.3 Å². The number of para-hydroxylation sites is 1. The Hall–Kier alpha value is -5.70. The predicted molar refractivity (Wildman–Crippen MR) is 200 cm³/mol. The fourth-order valence-corrected chi connectivity index (χ4v) is 8.15. The third kappa shape index (κ3) is 4.38. The molecular formula is C44H29NS. The van der Waals surface area contributed by atoms with Crippen LogP contribution in [0, 0.1) is 0 Å². The van der Waals surface area contributed by atoms with Crippen LogP contribution in [-0.4, -0.2) is 0 Å². The van der Waals surface area contributed by atoms with Crippen molar-refractivity contribution in [1.29, 1.82) is 0 Å². The van der Waals surface area contributed by atoms with Gasteiger partial charge in [-0.2, -0.15) is 0 Å². The van der Waals surface area contributed by atoms with Gasteiger partial charge in [0.25, 0.3) is 0 Å². The number of hydrogen-bond donors (Lipinski definition) is 0. The SMILES string of the molecule is c1cc(-c2ccccc2N(c2cccc3ccccc23)c2cccc3c2sc2ccccc23)cc(-c2cccc3ccccc23)c1. The molecule has 9 rings (SSSR count). The summed E-state index contributed by atoms with van der Waals surface area (Å²) >= 11 is 1.87. The van der Waals surface area contributed by atoms with Gasteiger partial charge in [-0.25, -0.2) is 0 Å². The Kier molecular flexibility index (Phi) is 6.40. The van der Waals surface area contributed by atoms with E-state index in [1.165, 1.54) is 75.3 Å². The molecule has 0 aliphatic carbocycles. The second-order valence-electron chi connectivity index (χ2n) is 11.7. The molecule has 0 amide bonds.